The van der Waals surface area contributed by atoms with E-state index in [1.807, 2.05) is 18.2 Å². The van der Waals surface area contributed by atoms with Crippen molar-refractivity contribution in [1.82, 2.24) is 10.6 Å². The molecule has 7 heteroatoms. The molecule has 0 aromatic heterocycles. The van der Waals surface area contributed by atoms with Crippen LogP contribution in [0, 0.1) is 0 Å². The Morgan fingerprint density at radius 2 is 2.17 bits per heavy atom. The van der Waals surface area contributed by atoms with Gasteiger partial charge in [0.2, 0.25) is 0 Å². The van der Waals surface area contributed by atoms with E-state index < -0.39 is 12.0 Å². The van der Waals surface area contributed by atoms with Crippen LogP contribution in [-0.2, 0) is 9.53 Å². The molecule has 24 heavy (non-hydrogen) atoms. The van der Waals surface area contributed by atoms with Gasteiger partial charge in [0, 0.05) is 11.4 Å². The van der Waals surface area contributed by atoms with Crippen LogP contribution in [0.25, 0.3) is 0 Å². The summed E-state index contributed by atoms with van der Waals surface area (Å²) in [5.41, 5.74) is 1.67. The highest BCUT2D eigenvalue weighted by molar-refractivity contribution is 7.99. The lowest BCUT2D eigenvalue weighted by atomic mass is 9.95. The first-order valence-corrected chi connectivity index (χ1v) is 8.89. The van der Waals surface area contributed by atoms with Crippen molar-refractivity contribution >= 4 is 23.8 Å². The maximum atomic E-state index is 12.5. The Bertz CT molecular complexity index is 645. The van der Waals surface area contributed by atoms with Gasteiger partial charge in [0.1, 0.15) is 12.4 Å². The van der Waals surface area contributed by atoms with E-state index in [4.69, 9.17) is 9.47 Å². The van der Waals surface area contributed by atoms with E-state index >= 15 is 0 Å². The molecule has 0 bridgehead atoms. The van der Waals surface area contributed by atoms with Crippen LogP contribution in [0.1, 0.15) is 25.5 Å². The molecule has 2 N–H and O–H groups in total. The first-order chi connectivity index (χ1) is 11.6. The van der Waals surface area contributed by atoms with Gasteiger partial charge in [-0.2, -0.15) is 11.8 Å². The van der Waals surface area contributed by atoms with Gasteiger partial charge >= 0.3 is 12.0 Å². The summed E-state index contributed by atoms with van der Waals surface area (Å²) in [5, 5.41) is 5.41. The van der Waals surface area contributed by atoms with E-state index in [0.717, 1.165) is 17.1 Å². The normalized spacial score (nSPS) is 17.1. The van der Waals surface area contributed by atoms with Crippen LogP contribution in [-0.4, -0.2) is 37.2 Å². The molecule has 2 rings (SSSR count). The molecule has 0 aliphatic carbocycles. The fourth-order valence-electron chi connectivity index (χ4n) is 2.45. The third-order valence-corrected chi connectivity index (χ3v) is 4.44. The molecule has 0 unspecified atom stereocenters. The first-order valence-electron chi connectivity index (χ1n) is 7.74. The number of nitrogens with one attached hydrogen (secondary N) is 2. The number of allylic oxidation sites excluding steroid dienone is 1. The van der Waals surface area contributed by atoms with Gasteiger partial charge in [0.05, 0.1) is 18.7 Å². The summed E-state index contributed by atoms with van der Waals surface area (Å²) in [4.78, 5) is 24.3. The molecule has 1 aromatic carbocycles. The molecule has 130 valence electrons. The lowest BCUT2D eigenvalue weighted by Gasteiger charge is -2.28. The van der Waals surface area contributed by atoms with Crippen molar-refractivity contribution in [2.24, 2.45) is 0 Å². The molecular formula is C17H22N2O4S. The lowest BCUT2D eigenvalue weighted by molar-refractivity contribution is -0.138. The van der Waals surface area contributed by atoms with Crippen LogP contribution in [0.15, 0.2) is 35.5 Å². The van der Waals surface area contributed by atoms with Gasteiger partial charge in [-0.25, -0.2) is 9.59 Å². The Hall–Kier alpha value is -2.15. The Balaban J connectivity index is 2.24. The summed E-state index contributed by atoms with van der Waals surface area (Å²) in [7, 11) is 1.57. The number of methoxy groups -OCH3 is 1. The molecule has 2 amide bonds. The Morgan fingerprint density at radius 1 is 1.38 bits per heavy atom. The number of esters is 1. The molecule has 1 aliphatic rings. The van der Waals surface area contributed by atoms with Gasteiger partial charge in [-0.15, -0.1) is 0 Å². The van der Waals surface area contributed by atoms with Crippen LogP contribution in [0.2, 0.25) is 0 Å². The highest BCUT2D eigenvalue weighted by atomic mass is 32.2. The molecule has 1 atom stereocenters. The van der Waals surface area contributed by atoms with Crippen LogP contribution >= 0.6 is 11.8 Å². The maximum Gasteiger partial charge on any atom is 0.338 e. The number of thioether (sulfide) groups is 1. The van der Waals surface area contributed by atoms with Crippen molar-refractivity contribution in [3.8, 4) is 5.75 Å². The second-order valence-corrected chi connectivity index (χ2v) is 6.57. The first kappa shape index (κ1) is 18.2. The molecule has 1 aromatic rings. The van der Waals surface area contributed by atoms with Gasteiger partial charge in [-0.1, -0.05) is 19.1 Å². The van der Waals surface area contributed by atoms with E-state index in [1.54, 1.807) is 31.9 Å². The average Bonchev–Trinajstić information content (AvgIpc) is 2.58. The number of benzene rings is 1. The van der Waals surface area contributed by atoms with E-state index in [2.05, 4.69) is 17.6 Å². The minimum Gasteiger partial charge on any atom is -0.497 e. The Kier molecular flexibility index (Phi) is 6.54. The summed E-state index contributed by atoms with van der Waals surface area (Å²) in [5.74, 6) is 1.95. The zero-order valence-electron chi connectivity index (χ0n) is 14.0. The molecule has 0 fully saturated rings. The van der Waals surface area contributed by atoms with E-state index in [0.29, 0.717) is 23.6 Å². The molecule has 0 saturated carbocycles. The van der Waals surface area contributed by atoms with Crippen LogP contribution < -0.4 is 15.4 Å². The van der Waals surface area contributed by atoms with Crippen molar-refractivity contribution in [2.45, 2.75) is 19.9 Å². The second-order valence-electron chi connectivity index (χ2n) is 5.18. The van der Waals surface area contributed by atoms with Gasteiger partial charge in [-0.05, 0) is 30.4 Å². The van der Waals surface area contributed by atoms with Gasteiger partial charge in [0.25, 0.3) is 0 Å². The van der Waals surface area contributed by atoms with Crippen LogP contribution in [0.4, 0.5) is 4.79 Å². The molecule has 0 spiro atoms. The quantitative estimate of drug-likeness (QED) is 0.584. The zero-order valence-corrected chi connectivity index (χ0v) is 14.9. The topological polar surface area (TPSA) is 76.7 Å². The summed E-state index contributed by atoms with van der Waals surface area (Å²) in [6, 6.07) is 6.34. The fraction of sp³-hybridized carbons (Fsp3) is 0.412. The Morgan fingerprint density at radius 3 is 2.88 bits per heavy atom. The average molecular weight is 350 g/mol. The summed E-state index contributed by atoms with van der Waals surface area (Å²) >= 11 is 1.70. The summed E-state index contributed by atoms with van der Waals surface area (Å²) in [6.07, 6.45) is 0. The zero-order chi connectivity index (χ0) is 17.5. The third kappa shape index (κ3) is 4.44. The number of ether oxygens (including phenoxy) is 2. The molecule has 6 nitrogen and oxygen atoms in total. The molecular weight excluding hydrogens is 328 g/mol. The van der Waals surface area contributed by atoms with Crippen molar-refractivity contribution in [3.63, 3.8) is 0 Å². The molecule has 1 aliphatic heterocycles. The van der Waals surface area contributed by atoms with Gasteiger partial charge in [0.15, 0.2) is 0 Å². The Labute approximate surface area is 146 Å². The number of hydrogen-bond acceptors (Lipinski definition) is 5. The molecule has 0 saturated heterocycles. The minimum atomic E-state index is -0.569. The number of amides is 2. The number of rotatable bonds is 7. The highest BCUT2D eigenvalue weighted by Crippen LogP contribution is 2.29. The van der Waals surface area contributed by atoms with E-state index in [-0.39, 0.29) is 6.03 Å². The molecule has 0 radical (unpaired) electrons. The second kappa shape index (κ2) is 8.63. The van der Waals surface area contributed by atoms with Crippen molar-refractivity contribution in [3.05, 3.63) is 41.1 Å². The SMILES string of the molecule is CCSCCOC(=O)C1=C(C)NC(=O)N[C@@H]1c1cccc(OC)c1. The largest absolute Gasteiger partial charge is 0.497 e. The smallest absolute Gasteiger partial charge is 0.338 e. The van der Waals surface area contributed by atoms with Gasteiger partial charge in [-0.3, -0.25) is 0 Å². The minimum absolute atomic E-state index is 0.340. The highest BCUT2D eigenvalue weighted by Gasteiger charge is 2.32. The lowest BCUT2D eigenvalue weighted by Crippen LogP contribution is -2.45. The van der Waals surface area contributed by atoms with Crippen LogP contribution in [0.5, 0.6) is 5.75 Å². The van der Waals surface area contributed by atoms with Crippen molar-refractivity contribution < 1.29 is 19.1 Å². The van der Waals surface area contributed by atoms with Crippen LogP contribution in [0.3, 0.4) is 0 Å². The summed E-state index contributed by atoms with van der Waals surface area (Å²) < 4.78 is 10.6. The van der Waals surface area contributed by atoms with Crippen molar-refractivity contribution in [2.75, 3.05) is 25.2 Å². The monoisotopic (exact) mass is 350 g/mol. The molecule has 1 heterocycles. The fourth-order valence-corrected chi connectivity index (χ4v) is 2.94. The third-order valence-electron chi connectivity index (χ3n) is 3.58. The summed E-state index contributed by atoms with van der Waals surface area (Å²) in [6.45, 7) is 4.09. The maximum absolute atomic E-state index is 12.5. The van der Waals surface area contributed by atoms with Gasteiger partial charge < -0.3 is 20.1 Å². The number of urea groups is 1. The van der Waals surface area contributed by atoms with Crippen molar-refractivity contribution in [1.29, 1.82) is 0 Å². The predicted molar refractivity (Wildman–Crippen MR) is 94.1 cm³/mol. The standard InChI is InChI=1S/C17H22N2O4S/c1-4-24-9-8-23-16(20)14-11(2)18-17(21)19-15(14)12-6-5-7-13(10-12)22-3/h5-7,10,15H,4,8-9H2,1-3H3,(H2,18,19,21)/t15-/m1/s1. The van der Waals surface area contributed by atoms with E-state index in [9.17, 15) is 9.59 Å². The number of carbonyl (C=O) groups excluding carboxylic acids is 2. The number of carbonyl (C=O) groups is 2. The van der Waals surface area contributed by atoms with E-state index in [1.165, 1.54) is 0 Å². The predicted octanol–water partition coefficient (Wildman–Crippen LogP) is 2.62. The number of hydrogen-bond donors (Lipinski definition) is 2.